The molecule has 3 heteroatoms. The summed E-state index contributed by atoms with van der Waals surface area (Å²) < 4.78 is 6.28. The van der Waals surface area contributed by atoms with Gasteiger partial charge < -0.3 is 10.1 Å². The van der Waals surface area contributed by atoms with Gasteiger partial charge in [-0.3, -0.25) is 0 Å². The van der Waals surface area contributed by atoms with E-state index in [1.54, 1.807) is 7.11 Å². The van der Waals surface area contributed by atoms with E-state index in [0.29, 0.717) is 6.04 Å². The number of halogens is 1. The third-order valence-corrected chi connectivity index (χ3v) is 3.06. The number of hydrogen-bond acceptors (Lipinski definition) is 2. The smallest absolute Gasteiger partial charge is 0.0474 e. The Morgan fingerprint density at radius 2 is 2.00 bits per heavy atom. The standard InChI is InChI=1S/C12H18INO/c1-10(14-8-3-9-15-2)11-4-6-12(13)7-5-11/h4-7,10,14H,3,8-9H2,1-2H3/t10-/m0/s1. The lowest BCUT2D eigenvalue weighted by Crippen LogP contribution is -2.20. The molecule has 0 saturated carbocycles. The van der Waals surface area contributed by atoms with E-state index in [1.165, 1.54) is 9.13 Å². The molecule has 0 aliphatic carbocycles. The number of benzene rings is 1. The van der Waals surface area contributed by atoms with Crippen LogP contribution >= 0.6 is 22.6 Å². The van der Waals surface area contributed by atoms with Gasteiger partial charge in [0.15, 0.2) is 0 Å². The highest BCUT2D eigenvalue weighted by Crippen LogP contribution is 2.14. The molecular weight excluding hydrogens is 301 g/mol. The summed E-state index contributed by atoms with van der Waals surface area (Å²) in [5.41, 5.74) is 1.34. The lowest BCUT2D eigenvalue weighted by atomic mass is 10.1. The Labute approximate surface area is 106 Å². The van der Waals surface area contributed by atoms with Crippen molar-refractivity contribution in [2.75, 3.05) is 20.3 Å². The molecule has 1 aromatic carbocycles. The molecule has 0 unspecified atom stereocenters. The van der Waals surface area contributed by atoms with E-state index in [0.717, 1.165) is 19.6 Å². The first-order valence-electron chi connectivity index (χ1n) is 5.22. The molecule has 0 fully saturated rings. The molecule has 0 saturated heterocycles. The van der Waals surface area contributed by atoms with Crippen molar-refractivity contribution in [2.24, 2.45) is 0 Å². The first kappa shape index (κ1) is 12.9. The maximum Gasteiger partial charge on any atom is 0.0474 e. The number of nitrogens with one attached hydrogen (secondary N) is 1. The van der Waals surface area contributed by atoms with Crippen LogP contribution in [0.2, 0.25) is 0 Å². The third kappa shape index (κ3) is 4.95. The molecule has 0 aliphatic rings. The molecule has 1 N–H and O–H groups in total. The molecule has 0 heterocycles. The van der Waals surface area contributed by atoms with Gasteiger partial charge in [0.1, 0.15) is 0 Å². The van der Waals surface area contributed by atoms with Gasteiger partial charge in [0.25, 0.3) is 0 Å². The highest BCUT2D eigenvalue weighted by Gasteiger charge is 2.03. The Bertz CT molecular complexity index is 273. The van der Waals surface area contributed by atoms with E-state index < -0.39 is 0 Å². The summed E-state index contributed by atoms with van der Waals surface area (Å²) in [4.78, 5) is 0. The van der Waals surface area contributed by atoms with Gasteiger partial charge in [-0.05, 0) is 60.2 Å². The van der Waals surface area contributed by atoms with Crippen LogP contribution in [0.25, 0.3) is 0 Å². The van der Waals surface area contributed by atoms with Crippen LogP contribution in [0, 0.1) is 3.57 Å². The van der Waals surface area contributed by atoms with Crippen molar-refractivity contribution >= 4 is 22.6 Å². The quantitative estimate of drug-likeness (QED) is 0.643. The normalized spacial score (nSPS) is 12.7. The molecule has 0 aliphatic heterocycles. The fourth-order valence-corrected chi connectivity index (χ4v) is 1.76. The highest BCUT2D eigenvalue weighted by molar-refractivity contribution is 14.1. The van der Waals surface area contributed by atoms with Crippen molar-refractivity contribution in [1.82, 2.24) is 5.32 Å². The molecule has 2 nitrogen and oxygen atoms in total. The molecule has 15 heavy (non-hydrogen) atoms. The van der Waals surface area contributed by atoms with Crippen LogP contribution in [0.5, 0.6) is 0 Å². The molecule has 0 amide bonds. The van der Waals surface area contributed by atoms with Gasteiger partial charge in [-0.25, -0.2) is 0 Å². The summed E-state index contributed by atoms with van der Waals surface area (Å²) in [5.74, 6) is 0. The van der Waals surface area contributed by atoms with E-state index in [-0.39, 0.29) is 0 Å². The van der Waals surface area contributed by atoms with Crippen LogP contribution in [0.15, 0.2) is 24.3 Å². The summed E-state index contributed by atoms with van der Waals surface area (Å²) >= 11 is 2.32. The second-order valence-electron chi connectivity index (χ2n) is 3.57. The highest BCUT2D eigenvalue weighted by atomic mass is 127. The van der Waals surface area contributed by atoms with Crippen LogP contribution in [0.4, 0.5) is 0 Å². The van der Waals surface area contributed by atoms with Gasteiger partial charge in [-0.15, -0.1) is 0 Å². The Morgan fingerprint density at radius 1 is 1.33 bits per heavy atom. The summed E-state index contributed by atoms with van der Waals surface area (Å²) in [7, 11) is 1.74. The Kier molecular flexibility index (Phi) is 6.20. The zero-order valence-corrected chi connectivity index (χ0v) is 11.5. The average molecular weight is 319 g/mol. The summed E-state index contributed by atoms with van der Waals surface area (Å²) in [6.45, 7) is 4.02. The minimum absolute atomic E-state index is 0.416. The van der Waals surface area contributed by atoms with Crippen LogP contribution in [0.1, 0.15) is 24.9 Å². The Hall–Kier alpha value is -0.130. The topological polar surface area (TPSA) is 21.3 Å². The van der Waals surface area contributed by atoms with Gasteiger partial charge in [0.05, 0.1) is 0 Å². The van der Waals surface area contributed by atoms with Gasteiger partial charge in [0, 0.05) is 23.3 Å². The van der Waals surface area contributed by atoms with Crippen LogP contribution < -0.4 is 5.32 Å². The van der Waals surface area contributed by atoms with E-state index in [1.807, 2.05) is 0 Å². The second kappa shape index (κ2) is 7.19. The van der Waals surface area contributed by atoms with Crippen molar-refractivity contribution in [1.29, 1.82) is 0 Å². The number of rotatable bonds is 6. The first-order valence-corrected chi connectivity index (χ1v) is 6.29. The molecule has 84 valence electrons. The summed E-state index contributed by atoms with van der Waals surface area (Å²) in [6.07, 6.45) is 1.06. The fraction of sp³-hybridized carbons (Fsp3) is 0.500. The van der Waals surface area contributed by atoms with Crippen molar-refractivity contribution in [3.05, 3.63) is 33.4 Å². The van der Waals surface area contributed by atoms with E-state index in [4.69, 9.17) is 4.74 Å². The molecule has 0 bridgehead atoms. The monoisotopic (exact) mass is 319 g/mol. The summed E-state index contributed by atoms with van der Waals surface area (Å²) in [6, 6.07) is 9.05. The molecule has 0 radical (unpaired) electrons. The van der Waals surface area contributed by atoms with E-state index >= 15 is 0 Å². The fourth-order valence-electron chi connectivity index (χ4n) is 1.40. The number of methoxy groups -OCH3 is 1. The van der Waals surface area contributed by atoms with Gasteiger partial charge in [-0.2, -0.15) is 0 Å². The van der Waals surface area contributed by atoms with Crippen molar-refractivity contribution in [3.8, 4) is 0 Å². The van der Waals surface area contributed by atoms with Crippen LogP contribution in [-0.2, 0) is 4.74 Å². The SMILES string of the molecule is COCCCN[C@@H](C)c1ccc(I)cc1. The van der Waals surface area contributed by atoms with Crippen molar-refractivity contribution < 1.29 is 4.74 Å². The maximum atomic E-state index is 5.00. The number of hydrogen-bond donors (Lipinski definition) is 1. The van der Waals surface area contributed by atoms with Crippen LogP contribution in [-0.4, -0.2) is 20.3 Å². The second-order valence-corrected chi connectivity index (χ2v) is 4.82. The van der Waals surface area contributed by atoms with Gasteiger partial charge in [-0.1, -0.05) is 12.1 Å². The average Bonchev–Trinajstić information content (AvgIpc) is 2.25. The van der Waals surface area contributed by atoms with Gasteiger partial charge in [0.2, 0.25) is 0 Å². The molecule has 1 aromatic rings. The summed E-state index contributed by atoms with van der Waals surface area (Å²) in [5, 5.41) is 3.47. The molecule has 0 aromatic heterocycles. The van der Waals surface area contributed by atoms with E-state index in [2.05, 4.69) is 59.1 Å². The maximum absolute atomic E-state index is 5.00. The number of ether oxygens (including phenoxy) is 1. The minimum atomic E-state index is 0.416. The predicted molar refractivity (Wildman–Crippen MR) is 72.1 cm³/mol. The minimum Gasteiger partial charge on any atom is -0.385 e. The largest absolute Gasteiger partial charge is 0.385 e. The molecular formula is C12H18INO. The van der Waals surface area contributed by atoms with Crippen LogP contribution in [0.3, 0.4) is 0 Å². The predicted octanol–water partition coefficient (Wildman–Crippen LogP) is 2.98. The van der Waals surface area contributed by atoms with Crippen molar-refractivity contribution in [2.45, 2.75) is 19.4 Å². The first-order chi connectivity index (χ1) is 7.24. The Balaban J connectivity index is 2.33. The Morgan fingerprint density at radius 3 is 2.60 bits per heavy atom. The zero-order chi connectivity index (χ0) is 11.1. The van der Waals surface area contributed by atoms with Crippen molar-refractivity contribution in [3.63, 3.8) is 0 Å². The third-order valence-electron chi connectivity index (χ3n) is 2.35. The zero-order valence-electron chi connectivity index (χ0n) is 9.29. The molecule has 1 rings (SSSR count). The molecule has 0 spiro atoms. The molecule has 1 atom stereocenters. The lowest BCUT2D eigenvalue weighted by molar-refractivity contribution is 0.193. The van der Waals surface area contributed by atoms with E-state index in [9.17, 15) is 0 Å². The lowest BCUT2D eigenvalue weighted by Gasteiger charge is -2.14. The van der Waals surface area contributed by atoms with Gasteiger partial charge >= 0.3 is 0 Å².